The van der Waals surface area contributed by atoms with Gasteiger partial charge in [0.2, 0.25) is 0 Å². The number of carbonyl (C=O) groups excluding carboxylic acids is 3. The van der Waals surface area contributed by atoms with Crippen LogP contribution in [0.15, 0.2) is 64.7 Å². The minimum Gasteiger partial charge on any atom is -0.272 e. The van der Waals surface area contributed by atoms with Gasteiger partial charge in [0.05, 0.1) is 23.3 Å². The molecule has 0 N–H and O–H groups in total. The summed E-state index contributed by atoms with van der Waals surface area (Å²) in [6.45, 7) is 1.94. The maximum Gasteiger partial charge on any atom is 0.273 e. The number of nitro groups is 1. The van der Waals surface area contributed by atoms with E-state index in [0.29, 0.717) is 12.8 Å². The second kappa shape index (κ2) is 8.66. The summed E-state index contributed by atoms with van der Waals surface area (Å²) >= 11 is 3.37. The van der Waals surface area contributed by atoms with Gasteiger partial charge in [0.1, 0.15) is 0 Å². The summed E-state index contributed by atoms with van der Waals surface area (Å²) in [5, 5.41) is 13.1. The molecule has 32 heavy (non-hydrogen) atoms. The Hall–Kier alpha value is -3.33. The number of allylic oxidation sites excluding steroid dienone is 2. The fourth-order valence-electron chi connectivity index (χ4n) is 4.13. The van der Waals surface area contributed by atoms with Crippen LogP contribution in [0.1, 0.15) is 35.7 Å². The van der Waals surface area contributed by atoms with Gasteiger partial charge in [-0.2, -0.15) is 5.01 Å². The molecule has 0 bridgehead atoms. The van der Waals surface area contributed by atoms with E-state index in [1.165, 1.54) is 24.3 Å². The molecule has 1 aliphatic carbocycles. The quantitative estimate of drug-likeness (QED) is 0.266. The summed E-state index contributed by atoms with van der Waals surface area (Å²) in [5.41, 5.74) is 1.78. The molecule has 0 saturated carbocycles. The summed E-state index contributed by atoms with van der Waals surface area (Å²) in [4.78, 5) is 50.3. The fourth-order valence-corrected chi connectivity index (χ4v) is 4.39. The van der Waals surface area contributed by atoms with E-state index in [0.717, 1.165) is 25.6 Å². The lowest BCUT2D eigenvalue weighted by Crippen LogP contribution is -2.49. The van der Waals surface area contributed by atoms with Gasteiger partial charge in [-0.05, 0) is 49.6 Å². The molecule has 1 heterocycles. The Morgan fingerprint density at radius 3 is 2.34 bits per heavy atom. The average molecular weight is 498 g/mol. The highest BCUT2D eigenvalue weighted by Gasteiger charge is 2.51. The monoisotopic (exact) mass is 497 g/mol. The van der Waals surface area contributed by atoms with Crippen LogP contribution in [-0.4, -0.2) is 32.7 Å². The number of hydrazine groups is 1. The van der Waals surface area contributed by atoms with Gasteiger partial charge < -0.3 is 0 Å². The molecule has 0 radical (unpaired) electrons. The van der Waals surface area contributed by atoms with Crippen molar-refractivity contribution >= 4 is 39.3 Å². The van der Waals surface area contributed by atoms with Crippen molar-refractivity contribution in [2.75, 3.05) is 0 Å². The Morgan fingerprint density at radius 2 is 1.72 bits per heavy atom. The summed E-state index contributed by atoms with van der Waals surface area (Å²) in [7, 11) is 0. The molecule has 0 spiro atoms. The van der Waals surface area contributed by atoms with Crippen molar-refractivity contribution in [1.82, 2.24) is 10.0 Å². The maximum absolute atomic E-state index is 13.4. The van der Waals surface area contributed by atoms with Crippen LogP contribution in [0.2, 0.25) is 0 Å². The molecule has 0 unspecified atom stereocenters. The largest absolute Gasteiger partial charge is 0.273 e. The number of imide groups is 1. The molecular weight excluding hydrogens is 478 g/mol. The number of halogens is 1. The average Bonchev–Trinajstić information content (AvgIpc) is 3.02. The molecule has 0 aromatic heterocycles. The van der Waals surface area contributed by atoms with Crippen LogP contribution in [0.4, 0.5) is 5.69 Å². The van der Waals surface area contributed by atoms with Crippen molar-refractivity contribution in [3.05, 3.63) is 85.9 Å². The van der Waals surface area contributed by atoms with Gasteiger partial charge in [0.25, 0.3) is 23.4 Å². The number of fused-ring (bicyclic) bond motifs is 1. The number of nitrogens with zero attached hydrogens (tertiary/aromatic N) is 3. The van der Waals surface area contributed by atoms with Crippen molar-refractivity contribution in [3.63, 3.8) is 0 Å². The highest BCUT2D eigenvalue weighted by atomic mass is 79.9. The van der Waals surface area contributed by atoms with Crippen molar-refractivity contribution in [3.8, 4) is 0 Å². The third-order valence-corrected chi connectivity index (χ3v) is 6.37. The van der Waals surface area contributed by atoms with Gasteiger partial charge in [-0.15, -0.1) is 0 Å². The first-order valence-corrected chi connectivity index (χ1v) is 10.9. The Bertz CT molecular complexity index is 1130. The van der Waals surface area contributed by atoms with Crippen LogP contribution in [0.25, 0.3) is 0 Å². The lowest BCUT2D eigenvalue weighted by atomic mass is 9.82. The second-order valence-electron chi connectivity index (χ2n) is 7.98. The van der Waals surface area contributed by atoms with Crippen LogP contribution in [0.3, 0.4) is 0 Å². The summed E-state index contributed by atoms with van der Waals surface area (Å²) in [5.74, 6) is -2.32. The zero-order valence-electron chi connectivity index (χ0n) is 17.2. The SMILES string of the molecule is CC1=CC[C@@H]2C(=O)N(N(Cc3ccc(Br)cc3)C(=O)c3ccc([N+](=O)[O-])cc3)C(=O)[C@H]2C1. The molecule has 3 amide bonds. The van der Waals surface area contributed by atoms with E-state index in [2.05, 4.69) is 15.9 Å². The normalized spacial score (nSPS) is 20.1. The third kappa shape index (κ3) is 4.08. The number of rotatable bonds is 5. The molecule has 9 heteroatoms. The maximum atomic E-state index is 13.4. The van der Waals surface area contributed by atoms with Gasteiger partial charge >= 0.3 is 0 Å². The molecule has 2 atom stereocenters. The van der Waals surface area contributed by atoms with E-state index in [9.17, 15) is 24.5 Å². The molecule has 1 fully saturated rings. The number of carbonyl (C=O) groups is 3. The second-order valence-corrected chi connectivity index (χ2v) is 8.90. The Labute approximate surface area is 192 Å². The first-order chi connectivity index (χ1) is 15.3. The highest BCUT2D eigenvalue weighted by Crippen LogP contribution is 2.39. The van der Waals surface area contributed by atoms with E-state index in [1.54, 1.807) is 12.1 Å². The van der Waals surface area contributed by atoms with E-state index >= 15 is 0 Å². The number of hydrogen-bond donors (Lipinski definition) is 0. The minimum absolute atomic E-state index is 0.00638. The molecule has 2 aromatic rings. The molecule has 2 aromatic carbocycles. The number of benzene rings is 2. The van der Waals surface area contributed by atoms with Gasteiger partial charge in [0.15, 0.2) is 0 Å². The number of nitro benzene ring substituents is 1. The van der Waals surface area contributed by atoms with E-state index in [-0.39, 0.29) is 23.7 Å². The van der Waals surface area contributed by atoms with E-state index < -0.39 is 28.6 Å². The van der Waals surface area contributed by atoms with Crippen molar-refractivity contribution in [2.24, 2.45) is 11.8 Å². The molecule has 164 valence electrons. The molecule has 1 aliphatic heterocycles. The van der Waals surface area contributed by atoms with E-state index in [1.807, 2.05) is 25.1 Å². The third-order valence-electron chi connectivity index (χ3n) is 5.85. The minimum atomic E-state index is -0.576. The molecule has 8 nitrogen and oxygen atoms in total. The Balaban J connectivity index is 1.70. The Kier molecular flexibility index (Phi) is 5.92. The van der Waals surface area contributed by atoms with Gasteiger partial charge in [-0.3, -0.25) is 24.5 Å². The summed E-state index contributed by atoms with van der Waals surface area (Å²) < 4.78 is 0.857. The fraction of sp³-hybridized carbons (Fsp3) is 0.261. The van der Waals surface area contributed by atoms with Crippen molar-refractivity contribution in [2.45, 2.75) is 26.3 Å². The molecule has 4 rings (SSSR count). The van der Waals surface area contributed by atoms with Crippen LogP contribution < -0.4 is 0 Å². The van der Waals surface area contributed by atoms with Gasteiger partial charge in [-0.25, -0.2) is 5.01 Å². The number of amides is 3. The zero-order chi connectivity index (χ0) is 23.0. The smallest absolute Gasteiger partial charge is 0.272 e. The lowest BCUT2D eigenvalue weighted by Gasteiger charge is -2.30. The molecular formula is C23H20BrN3O5. The van der Waals surface area contributed by atoms with Crippen LogP contribution in [-0.2, 0) is 16.1 Å². The van der Waals surface area contributed by atoms with Gasteiger partial charge in [-0.1, -0.05) is 39.7 Å². The Morgan fingerprint density at radius 1 is 1.09 bits per heavy atom. The standard InChI is InChI=1S/C23H20BrN3O5/c1-14-2-11-19-20(12-14)23(30)26(22(19)29)25(13-15-3-7-17(24)8-4-15)21(28)16-5-9-18(10-6-16)27(31)32/h2-10,19-20H,11-13H2,1H3/t19-,20-/m0/s1. The first kappa shape index (κ1) is 21.9. The van der Waals surface area contributed by atoms with Crippen molar-refractivity contribution in [1.29, 1.82) is 0 Å². The predicted molar refractivity (Wildman–Crippen MR) is 119 cm³/mol. The van der Waals surface area contributed by atoms with Crippen molar-refractivity contribution < 1.29 is 19.3 Å². The number of non-ortho nitro benzene ring substituents is 1. The highest BCUT2D eigenvalue weighted by molar-refractivity contribution is 9.10. The lowest BCUT2D eigenvalue weighted by molar-refractivity contribution is -0.384. The summed E-state index contributed by atoms with van der Waals surface area (Å²) in [6.07, 6.45) is 2.92. The predicted octanol–water partition coefficient (Wildman–Crippen LogP) is 4.26. The zero-order valence-corrected chi connectivity index (χ0v) is 18.8. The van der Waals surface area contributed by atoms with Crippen LogP contribution in [0, 0.1) is 22.0 Å². The molecule has 1 saturated heterocycles. The summed E-state index contributed by atoms with van der Waals surface area (Å²) in [6, 6.07) is 12.3. The van der Waals surface area contributed by atoms with Gasteiger partial charge in [0, 0.05) is 22.2 Å². The van der Waals surface area contributed by atoms with Crippen LogP contribution >= 0.6 is 15.9 Å². The number of hydrogen-bond acceptors (Lipinski definition) is 5. The van der Waals surface area contributed by atoms with E-state index in [4.69, 9.17) is 0 Å². The van der Waals surface area contributed by atoms with Crippen LogP contribution in [0.5, 0.6) is 0 Å². The molecule has 2 aliphatic rings. The topological polar surface area (TPSA) is 101 Å². The first-order valence-electron chi connectivity index (χ1n) is 10.1.